The average molecular weight is 161 g/mol. The van der Waals surface area contributed by atoms with E-state index in [1.165, 1.54) is 13.0 Å². The van der Waals surface area contributed by atoms with Crippen molar-refractivity contribution >= 4 is 0 Å². The molecule has 2 atom stereocenters. The quantitative estimate of drug-likeness (QED) is 0.572. The van der Waals surface area contributed by atoms with Gasteiger partial charge in [0.2, 0.25) is 0 Å². The summed E-state index contributed by atoms with van der Waals surface area (Å²) in [6.07, 6.45) is 14.5. The molecule has 1 heteroatoms. The molecule has 2 rings (SSSR count). The zero-order valence-electron chi connectivity index (χ0n) is 7.24. The van der Waals surface area contributed by atoms with Gasteiger partial charge in [-0.2, -0.15) is 0 Å². The standard InChI is InChI=1S/C11H15N/c1-2-4-6-11-9-12-8-7-10(11)5-3-1/h1-6,10-12H,7-9H2. The summed E-state index contributed by atoms with van der Waals surface area (Å²) < 4.78 is 0. The minimum absolute atomic E-state index is 0.708. The second-order valence-electron chi connectivity index (χ2n) is 3.48. The number of rotatable bonds is 0. The molecule has 0 aromatic heterocycles. The summed E-state index contributed by atoms with van der Waals surface area (Å²) in [7, 11) is 0. The van der Waals surface area contributed by atoms with Crippen LogP contribution in [-0.2, 0) is 0 Å². The molecule has 64 valence electrons. The van der Waals surface area contributed by atoms with Crippen molar-refractivity contribution in [2.75, 3.05) is 13.1 Å². The Morgan fingerprint density at radius 2 is 1.67 bits per heavy atom. The fraction of sp³-hybridized carbons (Fsp3) is 0.455. The molecule has 0 aromatic carbocycles. The van der Waals surface area contributed by atoms with Crippen LogP contribution in [0.4, 0.5) is 0 Å². The largest absolute Gasteiger partial charge is 0.316 e. The predicted molar refractivity (Wildman–Crippen MR) is 51.9 cm³/mol. The molecule has 0 saturated carbocycles. The molecule has 1 heterocycles. The summed E-state index contributed by atoms with van der Waals surface area (Å²) >= 11 is 0. The summed E-state index contributed by atoms with van der Waals surface area (Å²) in [6, 6.07) is 0. The Morgan fingerprint density at radius 3 is 2.50 bits per heavy atom. The molecular weight excluding hydrogens is 146 g/mol. The van der Waals surface area contributed by atoms with E-state index in [1.54, 1.807) is 0 Å². The van der Waals surface area contributed by atoms with Gasteiger partial charge in [-0.3, -0.25) is 0 Å². The van der Waals surface area contributed by atoms with Gasteiger partial charge in [-0.15, -0.1) is 0 Å². The molecule has 0 aromatic rings. The van der Waals surface area contributed by atoms with E-state index in [9.17, 15) is 0 Å². The monoisotopic (exact) mass is 161 g/mol. The highest BCUT2D eigenvalue weighted by atomic mass is 14.9. The van der Waals surface area contributed by atoms with Gasteiger partial charge < -0.3 is 5.32 Å². The average Bonchev–Trinajstić information content (AvgIpc) is 2.06. The maximum atomic E-state index is 3.42. The summed E-state index contributed by atoms with van der Waals surface area (Å²) in [5.74, 6) is 1.47. The van der Waals surface area contributed by atoms with Crippen molar-refractivity contribution in [3.63, 3.8) is 0 Å². The second kappa shape index (κ2) is 3.72. The first-order valence-electron chi connectivity index (χ1n) is 4.69. The SMILES string of the molecule is C1=CC=CC2CNCCC2C=C1. The van der Waals surface area contributed by atoms with Crippen LogP contribution in [-0.4, -0.2) is 13.1 Å². The predicted octanol–water partition coefficient (Wildman–Crippen LogP) is 1.89. The molecule has 1 aliphatic heterocycles. The molecule has 1 saturated heterocycles. The minimum atomic E-state index is 0.708. The Labute approximate surface area is 73.9 Å². The number of nitrogens with one attached hydrogen (secondary N) is 1. The first-order valence-corrected chi connectivity index (χ1v) is 4.69. The van der Waals surface area contributed by atoms with Gasteiger partial charge in [-0.25, -0.2) is 0 Å². The Bertz CT molecular complexity index is 201. The third-order valence-electron chi connectivity index (χ3n) is 2.63. The van der Waals surface area contributed by atoms with Crippen molar-refractivity contribution in [3.05, 3.63) is 36.5 Å². The van der Waals surface area contributed by atoms with Gasteiger partial charge in [0.1, 0.15) is 0 Å². The number of allylic oxidation sites excluding steroid dienone is 5. The summed E-state index contributed by atoms with van der Waals surface area (Å²) in [6.45, 7) is 2.31. The van der Waals surface area contributed by atoms with Gasteiger partial charge in [0.05, 0.1) is 0 Å². The van der Waals surface area contributed by atoms with Crippen molar-refractivity contribution in [1.29, 1.82) is 0 Å². The van der Waals surface area contributed by atoms with Crippen molar-refractivity contribution < 1.29 is 0 Å². The maximum Gasteiger partial charge on any atom is 0.00200 e. The van der Waals surface area contributed by atoms with Crippen LogP contribution in [0.15, 0.2) is 36.5 Å². The molecule has 12 heavy (non-hydrogen) atoms. The smallest absolute Gasteiger partial charge is 0.00200 e. The van der Waals surface area contributed by atoms with Crippen LogP contribution in [0, 0.1) is 11.8 Å². The molecule has 1 nitrogen and oxygen atoms in total. The fourth-order valence-electron chi connectivity index (χ4n) is 1.89. The first-order chi connectivity index (χ1) is 5.97. The normalized spacial score (nSPS) is 34.0. The van der Waals surface area contributed by atoms with Crippen LogP contribution in [0.1, 0.15) is 6.42 Å². The Kier molecular flexibility index (Phi) is 2.42. The maximum absolute atomic E-state index is 3.42. The molecule has 2 unspecified atom stereocenters. The van der Waals surface area contributed by atoms with Gasteiger partial charge in [0.25, 0.3) is 0 Å². The number of hydrogen-bond acceptors (Lipinski definition) is 1. The van der Waals surface area contributed by atoms with Crippen LogP contribution >= 0.6 is 0 Å². The van der Waals surface area contributed by atoms with E-state index in [4.69, 9.17) is 0 Å². The number of piperidine rings is 1. The van der Waals surface area contributed by atoms with E-state index in [1.807, 2.05) is 0 Å². The topological polar surface area (TPSA) is 12.0 Å². The molecule has 0 radical (unpaired) electrons. The third kappa shape index (κ3) is 1.67. The highest BCUT2D eigenvalue weighted by Gasteiger charge is 2.19. The zero-order valence-corrected chi connectivity index (χ0v) is 7.24. The highest BCUT2D eigenvalue weighted by molar-refractivity contribution is 5.17. The van der Waals surface area contributed by atoms with Gasteiger partial charge >= 0.3 is 0 Å². The van der Waals surface area contributed by atoms with Crippen molar-refractivity contribution in [2.24, 2.45) is 11.8 Å². The van der Waals surface area contributed by atoms with Crippen LogP contribution in [0.3, 0.4) is 0 Å². The molecule has 2 aliphatic rings. The van der Waals surface area contributed by atoms with Gasteiger partial charge in [0, 0.05) is 6.54 Å². The lowest BCUT2D eigenvalue weighted by atomic mass is 9.85. The van der Waals surface area contributed by atoms with E-state index in [0.717, 1.165) is 12.5 Å². The lowest BCUT2D eigenvalue weighted by Crippen LogP contribution is -2.34. The van der Waals surface area contributed by atoms with Crippen LogP contribution in [0.25, 0.3) is 0 Å². The lowest BCUT2D eigenvalue weighted by molar-refractivity contribution is 0.356. The van der Waals surface area contributed by atoms with Gasteiger partial charge in [0.15, 0.2) is 0 Å². The van der Waals surface area contributed by atoms with E-state index in [2.05, 4.69) is 41.8 Å². The molecular formula is C11H15N. The summed E-state index contributed by atoms with van der Waals surface area (Å²) in [5.41, 5.74) is 0. The molecule has 0 amide bonds. The Hall–Kier alpha value is -0.820. The van der Waals surface area contributed by atoms with Crippen LogP contribution in [0.5, 0.6) is 0 Å². The van der Waals surface area contributed by atoms with E-state index < -0.39 is 0 Å². The van der Waals surface area contributed by atoms with Crippen molar-refractivity contribution in [3.8, 4) is 0 Å². The van der Waals surface area contributed by atoms with Crippen LogP contribution in [0.2, 0.25) is 0 Å². The van der Waals surface area contributed by atoms with Crippen molar-refractivity contribution in [1.82, 2.24) is 5.32 Å². The molecule has 1 fully saturated rings. The van der Waals surface area contributed by atoms with Gasteiger partial charge in [-0.05, 0) is 24.8 Å². The summed E-state index contributed by atoms with van der Waals surface area (Å²) in [5, 5.41) is 3.42. The Balaban J connectivity index is 2.15. The van der Waals surface area contributed by atoms with E-state index in [0.29, 0.717) is 5.92 Å². The van der Waals surface area contributed by atoms with E-state index >= 15 is 0 Å². The molecule has 0 bridgehead atoms. The minimum Gasteiger partial charge on any atom is -0.316 e. The molecule has 1 aliphatic carbocycles. The molecule has 0 spiro atoms. The second-order valence-corrected chi connectivity index (χ2v) is 3.48. The lowest BCUT2D eigenvalue weighted by Gasteiger charge is -2.28. The Morgan fingerprint density at radius 1 is 0.917 bits per heavy atom. The molecule has 1 N–H and O–H groups in total. The third-order valence-corrected chi connectivity index (χ3v) is 2.63. The highest BCUT2D eigenvalue weighted by Crippen LogP contribution is 2.22. The fourth-order valence-corrected chi connectivity index (χ4v) is 1.89. The van der Waals surface area contributed by atoms with Crippen LogP contribution < -0.4 is 5.32 Å². The van der Waals surface area contributed by atoms with Gasteiger partial charge in [-0.1, -0.05) is 36.5 Å². The zero-order chi connectivity index (χ0) is 8.23. The number of hydrogen-bond donors (Lipinski definition) is 1. The number of fused-ring (bicyclic) bond motifs is 1. The summed E-state index contributed by atoms with van der Waals surface area (Å²) in [4.78, 5) is 0. The van der Waals surface area contributed by atoms with Crippen molar-refractivity contribution in [2.45, 2.75) is 6.42 Å². The van der Waals surface area contributed by atoms with E-state index in [-0.39, 0.29) is 0 Å². The first kappa shape index (κ1) is 7.81.